The molecule has 1 atom stereocenters. The van der Waals surface area contributed by atoms with Crippen molar-refractivity contribution < 1.29 is 0 Å². The van der Waals surface area contributed by atoms with Gasteiger partial charge in [0, 0.05) is 36.6 Å². The number of thioether (sulfide) groups is 3. The summed E-state index contributed by atoms with van der Waals surface area (Å²) in [7, 11) is 0. The van der Waals surface area contributed by atoms with Crippen LogP contribution in [0.25, 0.3) is 0 Å². The van der Waals surface area contributed by atoms with Crippen molar-refractivity contribution in [2.24, 2.45) is 0 Å². The highest BCUT2D eigenvalue weighted by molar-refractivity contribution is 8.22. The molecule has 0 spiro atoms. The van der Waals surface area contributed by atoms with Gasteiger partial charge in [-0.3, -0.25) is 0 Å². The van der Waals surface area contributed by atoms with E-state index in [1.807, 2.05) is 35.3 Å². The fourth-order valence-electron chi connectivity index (χ4n) is 1.63. The topological polar surface area (TPSA) is 15.8 Å². The van der Waals surface area contributed by atoms with E-state index in [2.05, 4.69) is 42.6 Å². The molecular formula is C9H9NS5. The summed E-state index contributed by atoms with van der Waals surface area (Å²) in [6, 6.07) is 0. The van der Waals surface area contributed by atoms with Gasteiger partial charge in [0.2, 0.25) is 0 Å². The number of hydrogen-bond acceptors (Lipinski definition) is 5. The van der Waals surface area contributed by atoms with Gasteiger partial charge in [-0.25, -0.2) is 0 Å². The number of thiol groups is 2. The number of nitrogens with one attached hydrogen (secondary N) is 1. The highest BCUT2D eigenvalue weighted by atomic mass is 32.2. The number of fused-ring (bicyclic) bond motifs is 1. The summed E-state index contributed by atoms with van der Waals surface area (Å²) < 4.78 is 1.71. The van der Waals surface area contributed by atoms with Crippen LogP contribution in [0.4, 0.5) is 0 Å². The molecular weight excluding hydrogens is 282 g/mol. The predicted octanol–water partition coefficient (Wildman–Crippen LogP) is 4.07. The Kier molecular flexibility index (Phi) is 3.06. The van der Waals surface area contributed by atoms with E-state index in [-0.39, 0.29) is 0 Å². The Morgan fingerprint density at radius 1 is 1.13 bits per heavy atom. The number of aromatic nitrogens is 1. The van der Waals surface area contributed by atoms with Crippen molar-refractivity contribution in [2.45, 2.75) is 26.0 Å². The minimum absolute atomic E-state index is 0.612. The van der Waals surface area contributed by atoms with Gasteiger partial charge in [0.05, 0.1) is 4.58 Å². The zero-order valence-corrected chi connectivity index (χ0v) is 11.9. The van der Waals surface area contributed by atoms with E-state index in [4.69, 9.17) is 0 Å². The van der Waals surface area contributed by atoms with Gasteiger partial charge in [-0.15, -0.1) is 60.5 Å². The minimum Gasteiger partial charge on any atom is -0.366 e. The highest BCUT2D eigenvalue weighted by Gasteiger charge is 2.35. The van der Waals surface area contributed by atoms with Crippen LogP contribution in [0.15, 0.2) is 31.3 Å². The van der Waals surface area contributed by atoms with Gasteiger partial charge in [0.1, 0.15) is 0 Å². The maximum Gasteiger partial charge on any atom is 0.0724 e. The maximum atomic E-state index is 4.44. The van der Waals surface area contributed by atoms with Crippen LogP contribution in [0.3, 0.4) is 0 Å². The lowest BCUT2D eigenvalue weighted by Crippen LogP contribution is -2.11. The van der Waals surface area contributed by atoms with Crippen molar-refractivity contribution in [1.29, 1.82) is 0 Å². The number of H-pyrrole nitrogens is 1. The van der Waals surface area contributed by atoms with Crippen molar-refractivity contribution in [1.82, 2.24) is 4.98 Å². The number of allylic oxidation sites excluding steroid dienone is 1. The van der Waals surface area contributed by atoms with Gasteiger partial charge >= 0.3 is 0 Å². The van der Waals surface area contributed by atoms with Crippen molar-refractivity contribution in [3.8, 4) is 0 Å². The molecule has 3 heterocycles. The Hall–Kier alpha value is 0.770. The summed E-state index contributed by atoms with van der Waals surface area (Å²) >= 11 is 14.7. The standard InChI is InChI=1S/C9H9NS5/c11-4-1-5(13-8(4)12)9-14-6-2-10-3-7(6)15-9/h2-3,5,9-12H,1H2. The van der Waals surface area contributed by atoms with Gasteiger partial charge in [-0.2, -0.15) is 0 Å². The molecule has 1 unspecified atom stereocenters. The van der Waals surface area contributed by atoms with Crippen LogP contribution in [0.1, 0.15) is 6.42 Å². The van der Waals surface area contributed by atoms with Gasteiger partial charge < -0.3 is 4.98 Å². The van der Waals surface area contributed by atoms with E-state index >= 15 is 0 Å². The first-order chi connectivity index (χ1) is 7.24. The molecule has 0 saturated carbocycles. The van der Waals surface area contributed by atoms with E-state index in [9.17, 15) is 0 Å². The first kappa shape index (κ1) is 10.9. The average molecular weight is 292 g/mol. The van der Waals surface area contributed by atoms with E-state index in [1.54, 1.807) is 0 Å². The van der Waals surface area contributed by atoms with Crippen LogP contribution in [0.2, 0.25) is 0 Å². The summed E-state index contributed by atoms with van der Waals surface area (Å²) in [4.78, 5) is 7.06. The number of rotatable bonds is 1. The second kappa shape index (κ2) is 4.22. The molecule has 0 radical (unpaired) electrons. The quantitative estimate of drug-likeness (QED) is 0.677. The van der Waals surface area contributed by atoms with Gasteiger partial charge in [-0.05, 0) is 6.42 Å². The fourth-order valence-corrected chi connectivity index (χ4v) is 6.86. The minimum atomic E-state index is 0.612. The van der Waals surface area contributed by atoms with Gasteiger partial charge in [-0.1, -0.05) is 0 Å². The Bertz CT molecular complexity index is 389. The Labute approximate surface area is 112 Å². The molecule has 1 aromatic heterocycles. The summed E-state index contributed by atoms with van der Waals surface area (Å²) in [6.07, 6.45) is 5.23. The molecule has 0 aromatic carbocycles. The van der Waals surface area contributed by atoms with E-state index in [0.717, 1.165) is 15.6 Å². The monoisotopic (exact) mass is 291 g/mol. The highest BCUT2D eigenvalue weighted by Crippen LogP contribution is 2.56. The van der Waals surface area contributed by atoms with Crippen molar-refractivity contribution in [3.63, 3.8) is 0 Å². The smallest absolute Gasteiger partial charge is 0.0724 e. The molecule has 0 amide bonds. The molecule has 1 aromatic rings. The first-order valence-electron chi connectivity index (χ1n) is 4.52. The Balaban J connectivity index is 1.71. The molecule has 6 heteroatoms. The third-order valence-electron chi connectivity index (χ3n) is 2.37. The maximum absolute atomic E-state index is 4.44. The first-order valence-corrected chi connectivity index (χ1v) is 8.05. The molecule has 3 rings (SSSR count). The molecule has 0 fully saturated rings. The SMILES string of the molecule is SC1=C(S)SC(C2Sc3c[nH]cc3S2)C1. The number of aromatic amines is 1. The lowest BCUT2D eigenvalue weighted by Gasteiger charge is -2.15. The van der Waals surface area contributed by atoms with E-state index < -0.39 is 0 Å². The van der Waals surface area contributed by atoms with Crippen molar-refractivity contribution in [3.05, 3.63) is 21.5 Å². The largest absolute Gasteiger partial charge is 0.366 e. The molecule has 0 saturated heterocycles. The van der Waals surface area contributed by atoms with Gasteiger partial charge in [0.25, 0.3) is 0 Å². The lowest BCUT2D eigenvalue weighted by molar-refractivity contribution is 0.974. The van der Waals surface area contributed by atoms with Gasteiger partial charge in [0.15, 0.2) is 0 Å². The molecule has 0 aliphatic carbocycles. The molecule has 2 aliphatic heterocycles. The lowest BCUT2D eigenvalue weighted by atomic mass is 10.3. The second-order valence-corrected chi connectivity index (χ2v) is 8.60. The summed E-state index contributed by atoms with van der Waals surface area (Å²) in [5, 5.41) is 0.618. The third kappa shape index (κ3) is 1.99. The van der Waals surface area contributed by atoms with Crippen LogP contribution >= 0.6 is 60.5 Å². The third-order valence-corrected chi connectivity index (χ3v) is 8.25. The Morgan fingerprint density at radius 3 is 2.33 bits per heavy atom. The Morgan fingerprint density at radius 2 is 1.80 bits per heavy atom. The molecule has 1 N–H and O–H groups in total. The van der Waals surface area contributed by atoms with Crippen LogP contribution in [0, 0.1) is 0 Å². The van der Waals surface area contributed by atoms with Crippen LogP contribution in [-0.2, 0) is 0 Å². The summed E-state index contributed by atoms with van der Waals surface area (Å²) in [5.41, 5.74) is 0. The van der Waals surface area contributed by atoms with Crippen molar-refractivity contribution in [2.75, 3.05) is 0 Å². The molecule has 0 bridgehead atoms. The van der Waals surface area contributed by atoms with E-state index in [0.29, 0.717) is 9.83 Å². The molecule has 2 aliphatic rings. The molecule has 80 valence electrons. The number of hydrogen-bond donors (Lipinski definition) is 3. The zero-order valence-electron chi connectivity index (χ0n) is 7.64. The van der Waals surface area contributed by atoms with Crippen LogP contribution in [0.5, 0.6) is 0 Å². The van der Waals surface area contributed by atoms with Crippen molar-refractivity contribution >= 4 is 60.5 Å². The predicted molar refractivity (Wildman–Crippen MR) is 77.3 cm³/mol. The second-order valence-electron chi connectivity index (χ2n) is 3.40. The summed E-state index contributed by atoms with van der Waals surface area (Å²) in [5.74, 6) is 0. The van der Waals surface area contributed by atoms with Crippen LogP contribution in [-0.4, -0.2) is 14.8 Å². The normalized spacial score (nSPS) is 26.4. The zero-order chi connectivity index (χ0) is 10.4. The molecule has 1 nitrogen and oxygen atoms in total. The molecule has 15 heavy (non-hydrogen) atoms. The average Bonchev–Trinajstić information content (AvgIpc) is 2.80. The van der Waals surface area contributed by atoms with Crippen LogP contribution < -0.4 is 0 Å². The fraction of sp³-hybridized carbons (Fsp3) is 0.333. The summed E-state index contributed by atoms with van der Waals surface area (Å²) in [6.45, 7) is 0. The van der Waals surface area contributed by atoms with E-state index in [1.165, 1.54) is 9.79 Å².